The van der Waals surface area contributed by atoms with Crippen molar-refractivity contribution in [1.82, 2.24) is 4.90 Å². The molecule has 1 aromatic rings. The smallest absolute Gasteiger partial charge is 0.235 e. The topological polar surface area (TPSA) is 88.2 Å². The molecule has 2 heterocycles. The van der Waals surface area contributed by atoms with Crippen molar-refractivity contribution < 1.29 is 19.0 Å². The Bertz CT molecular complexity index is 663. The summed E-state index contributed by atoms with van der Waals surface area (Å²) in [4.78, 5) is 18.3. The number of carbonyl (C=O) groups excluding carboxylic acids is 1. The highest BCUT2D eigenvalue weighted by molar-refractivity contribution is 6.00. The lowest BCUT2D eigenvalue weighted by atomic mass is 9.72. The quantitative estimate of drug-likeness (QED) is 0.808. The molecular formula is C15H18FN3O3. The van der Waals surface area contributed by atoms with E-state index in [9.17, 15) is 14.3 Å². The normalized spacial score (nSPS) is 31.7. The van der Waals surface area contributed by atoms with E-state index in [1.165, 1.54) is 17.0 Å². The molecule has 1 amide bonds. The molecule has 0 unspecified atom stereocenters. The monoisotopic (exact) mass is 307 g/mol. The average molecular weight is 307 g/mol. The van der Waals surface area contributed by atoms with Gasteiger partial charge in [-0.05, 0) is 31.5 Å². The molecule has 2 aliphatic rings. The van der Waals surface area contributed by atoms with E-state index < -0.39 is 17.3 Å². The Morgan fingerprint density at radius 2 is 2.27 bits per heavy atom. The summed E-state index contributed by atoms with van der Waals surface area (Å²) < 4.78 is 20.0. The molecule has 3 rings (SSSR count). The van der Waals surface area contributed by atoms with Gasteiger partial charge in [0.1, 0.15) is 17.1 Å². The molecule has 1 saturated heterocycles. The van der Waals surface area contributed by atoms with Gasteiger partial charge in [0.15, 0.2) is 5.96 Å². The van der Waals surface area contributed by atoms with E-state index in [-0.39, 0.29) is 35.9 Å². The van der Waals surface area contributed by atoms with E-state index in [4.69, 9.17) is 10.5 Å². The van der Waals surface area contributed by atoms with Gasteiger partial charge < -0.3 is 15.6 Å². The average Bonchev–Trinajstić information content (AvgIpc) is 2.49. The summed E-state index contributed by atoms with van der Waals surface area (Å²) in [5.41, 5.74) is 4.74. The summed E-state index contributed by atoms with van der Waals surface area (Å²) in [5, 5.41) is 9.71. The Labute approximate surface area is 127 Å². The molecule has 6 nitrogen and oxygen atoms in total. The van der Waals surface area contributed by atoms with Crippen LogP contribution in [0.25, 0.3) is 0 Å². The van der Waals surface area contributed by atoms with Crippen LogP contribution in [0.15, 0.2) is 23.2 Å². The maximum atomic E-state index is 14.4. The number of guanidine groups is 1. The fraction of sp³-hybridized carbons (Fsp3) is 0.467. The zero-order valence-electron chi connectivity index (χ0n) is 12.4. The predicted molar refractivity (Wildman–Crippen MR) is 77.7 cm³/mol. The van der Waals surface area contributed by atoms with Crippen LogP contribution in [0.1, 0.15) is 18.9 Å². The highest BCUT2D eigenvalue weighted by Gasteiger charge is 2.53. The number of carbonyl (C=O) groups is 1. The van der Waals surface area contributed by atoms with E-state index in [2.05, 4.69) is 4.99 Å². The SMILES string of the molecule is C[C@H]1C[C@H]2C(=O)N(C)C(N)=N[C@@]2(c2cc(O)ccc2F)CO1. The Kier molecular flexibility index (Phi) is 3.32. The summed E-state index contributed by atoms with van der Waals surface area (Å²) in [7, 11) is 1.55. The molecule has 0 aliphatic carbocycles. The van der Waals surface area contributed by atoms with Crippen LogP contribution in [0, 0.1) is 11.7 Å². The van der Waals surface area contributed by atoms with Gasteiger partial charge in [-0.2, -0.15) is 0 Å². The van der Waals surface area contributed by atoms with E-state index in [0.717, 1.165) is 6.07 Å². The van der Waals surface area contributed by atoms with Crippen molar-refractivity contribution in [2.75, 3.05) is 13.7 Å². The molecule has 3 atom stereocenters. The molecule has 1 aromatic carbocycles. The van der Waals surface area contributed by atoms with E-state index >= 15 is 0 Å². The fourth-order valence-corrected chi connectivity index (χ4v) is 3.18. The number of nitrogens with two attached hydrogens (primary N) is 1. The molecule has 118 valence electrons. The minimum Gasteiger partial charge on any atom is -0.508 e. The lowest BCUT2D eigenvalue weighted by Crippen LogP contribution is -2.59. The minimum absolute atomic E-state index is 0.0159. The molecule has 0 saturated carbocycles. The number of hydrogen-bond acceptors (Lipinski definition) is 5. The van der Waals surface area contributed by atoms with Crippen LogP contribution in [-0.2, 0) is 15.1 Å². The standard InChI is InChI=1S/C15H18FN3O3/c1-8-5-11-13(21)19(2)14(17)18-15(11,7-22-8)10-6-9(20)3-4-12(10)16/h3-4,6,8,11,20H,5,7H2,1-2H3,(H2,17,18)/t8-,11-,15+/m0/s1. The Hall–Kier alpha value is -2.15. The number of rotatable bonds is 1. The first kappa shape index (κ1) is 14.8. The number of aromatic hydroxyl groups is 1. The molecule has 22 heavy (non-hydrogen) atoms. The van der Waals surface area contributed by atoms with Crippen molar-refractivity contribution >= 4 is 11.9 Å². The number of ether oxygens (including phenoxy) is 1. The minimum atomic E-state index is -1.23. The number of phenolic OH excluding ortho intramolecular Hbond substituents is 1. The summed E-state index contributed by atoms with van der Waals surface area (Å²) in [6.07, 6.45) is 0.278. The zero-order valence-corrected chi connectivity index (χ0v) is 12.4. The van der Waals surface area contributed by atoms with Gasteiger partial charge in [0.2, 0.25) is 5.91 Å². The van der Waals surface area contributed by atoms with Crippen molar-refractivity contribution in [3.63, 3.8) is 0 Å². The van der Waals surface area contributed by atoms with Crippen molar-refractivity contribution in [2.24, 2.45) is 16.6 Å². The lowest BCUT2D eigenvalue weighted by Gasteiger charge is -2.46. The Morgan fingerprint density at radius 3 is 3.00 bits per heavy atom. The Balaban J connectivity index is 2.22. The zero-order chi connectivity index (χ0) is 16.1. The summed E-state index contributed by atoms with van der Waals surface area (Å²) >= 11 is 0. The second kappa shape index (κ2) is 4.95. The largest absolute Gasteiger partial charge is 0.508 e. The Morgan fingerprint density at radius 1 is 1.55 bits per heavy atom. The molecule has 0 bridgehead atoms. The number of halogens is 1. The third-order valence-electron chi connectivity index (χ3n) is 4.43. The first-order chi connectivity index (χ1) is 10.3. The molecule has 0 radical (unpaired) electrons. The van der Waals surface area contributed by atoms with Crippen LogP contribution in [0.5, 0.6) is 5.75 Å². The molecule has 0 aromatic heterocycles. The van der Waals surface area contributed by atoms with Gasteiger partial charge in [0.05, 0.1) is 18.6 Å². The highest BCUT2D eigenvalue weighted by Crippen LogP contribution is 2.45. The molecule has 1 fully saturated rings. The van der Waals surface area contributed by atoms with Crippen LogP contribution in [0.4, 0.5) is 4.39 Å². The maximum absolute atomic E-state index is 14.4. The van der Waals surface area contributed by atoms with Crippen molar-refractivity contribution in [2.45, 2.75) is 25.0 Å². The summed E-state index contributed by atoms with van der Waals surface area (Å²) in [6.45, 7) is 1.90. The van der Waals surface area contributed by atoms with Crippen LogP contribution in [0.3, 0.4) is 0 Å². The van der Waals surface area contributed by atoms with Gasteiger partial charge in [-0.25, -0.2) is 9.38 Å². The van der Waals surface area contributed by atoms with Crippen molar-refractivity contribution in [3.8, 4) is 5.75 Å². The van der Waals surface area contributed by atoms with Crippen LogP contribution in [0.2, 0.25) is 0 Å². The van der Waals surface area contributed by atoms with Gasteiger partial charge in [-0.3, -0.25) is 9.69 Å². The maximum Gasteiger partial charge on any atom is 0.235 e. The molecular weight excluding hydrogens is 289 g/mol. The number of aliphatic imine (C=N–C) groups is 1. The molecule has 0 spiro atoms. The number of fused-ring (bicyclic) bond motifs is 1. The second-order valence-electron chi connectivity index (χ2n) is 5.87. The van der Waals surface area contributed by atoms with Gasteiger partial charge >= 0.3 is 0 Å². The molecule has 7 heteroatoms. The van der Waals surface area contributed by atoms with Gasteiger partial charge in [-0.1, -0.05) is 0 Å². The van der Waals surface area contributed by atoms with E-state index in [1.807, 2.05) is 6.92 Å². The van der Waals surface area contributed by atoms with Gasteiger partial charge in [-0.15, -0.1) is 0 Å². The second-order valence-corrected chi connectivity index (χ2v) is 5.87. The summed E-state index contributed by atoms with van der Waals surface area (Å²) in [5.74, 6) is -1.42. The molecule has 2 aliphatic heterocycles. The first-order valence-electron chi connectivity index (χ1n) is 7.08. The van der Waals surface area contributed by atoms with Crippen molar-refractivity contribution in [3.05, 3.63) is 29.6 Å². The lowest BCUT2D eigenvalue weighted by molar-refractivity contribution is -0.144. The fourth-order valence-electron chi connectivity index (χ4n) is 3.18. The van der Waals surface area contributed by atoms with E-state index in [0.29, 0.717) is 6.42 Å². The number of phenols is 1. The number of hydrogen-bond donors (Lipinski definition) is 2. The number of benzene rings is 1. The third-order valence-corrected chi connectivity index (χ3v) is 4.43. The van der Waals surface area contributed by atoms with Crippen LogP contribution < -0.4 is 5.73 Å². The van der Waals surface area contributed by atoms with Gasteiger partial charge in [0.25, 0.3) is 0 Å². The van der Waals surface area contributed by atoms with Crippen LogP contribution in [-0.4, -0.2) is 41.6 Å². The predicted octanol–water partition coefficient (Wildman–Crippen LogP) is 0.938. The highest BCUT2D eigenvalue weighted by atomic mass is 19.1. The van der Waals surface area contributed by atoms with Crippen molar-refractivity contribution in [1.29, 1.82) is 0 Å². The molecule has 3 N–H and O–H groups in total. The first-order valence-corrected chi connectivity index (χ1v) is 7.08. The van der Waals surface area contributed by atoms with Crippen LogP contribution >= 0.6 is 0 Å². The van der Waals surface area contributed by atoms with Gasteiger partial charge in [0, 0.05) is 12.6 Å². The van der Waals surface area contributed by atoms with E-state index in [1.54, 1.807) is 7.05 Å². The third kappa shape index (κ3) is 2.04. The number of amides is 1. The summed E-state index contributed by atoms with van der Waals surface area (Å²) in [6, 6.07) is 3.70. The number of nitrogens with zero attached hydrogens (tertiary/aromatic N) is 2.